The third-order valence-corrected chi connectivity index (χ3v) is 3.71. The number of carbonyl (C=O) groups excluding carboxylic acids is 1. The molecule has 0 fully saturated rings. The van der Waals surface area contributed by atoms with E-state index in [1.807, 2.05) is 24.3 Å². The quantitative estimate of drug-likeness (QED) is 0.526. The van der Waals surface area contributed by atoms with Crippen LogP contribution in [-0.4, -0.2) is 34.5 Å². The molecule has 0 unspecified atom stereocenters. The number of aliphatic hydroxyl groups is 2. The smallest absolute Gasteiger partial charge is 0.306 e. The molecule has 0 aromatic heterocycles. The summed E-state index contributed by atoms with van der Waals surface area (Å²) in [5, 5.41) is 19.9. The lowest BCUT2D eigenvalue weighted by Gasteiger charge is -2.15. The summed E-state index contributed by atoms with van der Waals surface area (Å²) in [5.74, 6) is -0.216. The molecule has 4 heteroatoms. The minimum Gasteiger partial charge on any atom is -0.458 e. The number of rotatable bonds is 8. The lowest BCUT2D eigenvalue weighted by molar-refractivity contribution is -0.146. The third-order valence-electron chi connectivity index (χ3n) is 3.71. The normalized spacial score (nSPS) is 23.8. The van der Waals surface area contributed by atoms with Crippen molar-refractivity contribution in [3.8, 4) is 0 Å². The van der Waals surface area contributed by atoms with Crippen LogP contribution in [0.15, 0.2) is 48.6 Å². The van der Waals surface area contributed by atoms with Crippen molar-refractivity contribution in [2.45, 2.75) is 70.2 Å². The van der Waals surface area contributed by atoms with Crippen molar-refractivity contribution < 1.29 is 19.7 Å². The minimum atomic E-state index is -0.976. The Balaban J connectivity index is 2.42. The third kappa shape index (κ3) is 9.48. The molecule has 0 spiro atoms. The molecule has 4 nitrogen and oxygen atoms in total. The molecule has 3 atom stereocenters. The van der Waals surface area contributed by atoms with E-state index in [0.29, 0.717) is 19.3 Å². The van der Waals surface area contributed by atoms with Crippen LogP contribution in [0.2, 0.25) is 0 Å². The van der Waals surface area contributed by atoms with Gasteiger partial charge < -0.3 is 14.9 Å². The highest BCUT2D eigenvalue weighted by molar-refractivity contribution is 5.69. The second-order valence-electron chi connectivity index (χ2n) is 5.89. The van der Waals surface area contributed by atoms with Crippen LogP contribution in [0.4, 0.5) is 0 Å². The summed E-state index contributed by atoms with van der Waals surface area (Å²) < 4.78 is 5.35. The molecule has 0 aromatic carbocycles. The molecule has 1 heterocycles. The number of ether oxygens (including phenoxy) is 1. The van der Waals surface area contributed by atoms with Crippen LogP contribution in [0, 0.1) is 0 Å². The maximum Gasteiger partial charge on any atom is 0.306 e. The molecule has 1 rings (SSSR count). The van der Waals surface area contributed by atoms with Crippen LogP contribution < -0.4 is 0 Å². The monoisotopic (exact) mass is 334 g/mol. The molecule has 2 N–H and O–H groups in total. The van der Waals surface area contributed by atoms with Crippen molar-refractivity contribution >= 4 is 5.97 Å². The second-order valence-corrected chi connectivity index (χ2v) is 5.89. The molecule has 0 amide bonds. The van der Waals surface area contributed by atoms with Gasteiger partial charge >= 0.3 is 5.97 Å². The van der Waals surface area contributed by atoms with Gasteiger partial charge in [-0.05, 0) is 38.2 Å². The number of aliphatic hydroxyl groups excluding tert-OH is 2. The van der Waals surface area contributed by atoms with Crippen LogP contribution >= 0.6 is 0 Å². The van der Waals surface area contributed by atoms with E-state index in [0.717, 1.165) is 25.7 Å². The summed E-state index contributed by atoms with van der Waals surface area (Å²) in [5.41, 5.74) is 0. The zero-order chi connectivity index (χ0) is 17.6. The van der Waals surface area contributed by atoms with Crippen LogP contribution in [0.5, 0.6) is 0 Å². The lowest BCUT2D eigenvalue weighted by Crippen LogP contribution is -2.24. The van der Waals surface area contributed by atoms with Gasteiger partial charge in [-0.2, -0.15) is 0 Å². The first-order valence-electron chi connectivity index (χ1n) is 8.82. The summed E-state index contributed by atoms with van der Waals surface area (Å²) in [4.78, 5) is 11.6. The molecule has 0 radical (unpaired) electrons. The topological polar surface area (TPSA) is 66.8 Å². The standard InChI is InChI=1S/C20H30O4/c1-2-3-4-5-6-10-13-18(21)19(22)16-15-17-12-9-7-8-11-14-20(23)24-17/h3-4,6-7,9-10,15-19,21-22H,2,5,8,11-14H2,1H3/b4-3-,9-7-,10-6-,16-15+/t17-,18-,19-/m0/s1. The Kier molecular flexibility index (Phi) is 10.8. The highest BCUT2D eigenvalue weighted by atomic mass is 16.5. The number of esters is 1. The number of hydrogen-bond acceptors (Lipinski definition) is 4. The van der Waals surface area contributed by atoms with Crippen molar-refractivity contribution in [3.05, 3.63) is 48.6 Å². The van der Waals surface area contributed by atoms with Gasteiger partial charge in [-0.3, -0.25) is 4.79 Å². The van der Waals surface area contributed by atoms with Gasteiger partial charge in [0.15, 0.2) is 0 Å². The number of hydrogen-bond donors (Lipinski definition) is 2. The average Bonchev–Trinajstić information content (AvgIpc) is 2.67. The van der Waals surface area contributed by atoms with E-state index < -0.39 is 12.2 Å². The Morgan fingerprint density at radius 1 is 1.25 bits per heavy atom. The van der Waals surface area contributed by atoms with Gasteiger partial charge in [0.25, 0.3) is 0 Å². The zero-order valence-electron chi connectivity index (χ0n) is 14.5. The Labute approximate surface area is 145 Å². The van der Waals surface area contributed by atoms with Crippen molar-refractivity contribution in [2.75, 3.05) is 0 Å². The average molecular weight is 334 g/mol. The molecular formula is C20H30O4. The first kappa shape index (κ1) is 20.4. The molecule has 1 aliphatic rings. The minimum absolute atomic E-state index is 0.216. The van der Waals surface area contributed by atoms with E-state index in [1.165, 1.54) is 6.08 Å². The van der Waals surface area contributed by atoms with Crippen molar-refractivity contribution in [1.29, 1.82) is 0 Å². The van der Waals surface area contributed by atoms with Crippen molar-refractivity contribution in [1.82, 2.24) is 0 Å². The van der Waals surface area contributed by atoms with Gasteiger partial charge in [0.05, 0.1) is 12.2 Å². The van der Waals surface area contributed by atoms with E-state index >= 15 is 0 Å². The Bertz CT molecular complexity index is 462. The fraction of sp³-hybridized carbons (Fsp3) is 0.550. The Morgan fingerprint density at radius 2 is 2.04 bits per heavy atom. The Morgan fingerprint density at radius 3 is 2.83 bits per heavy atom. The highest BCUT2D eigenvalue weighted by Crippen LogP contribution is 2.12. The van der Waals surface area contributed by atoms with Crippen LogP contribution in [0.3, 0.4) is 0 Å². The second kappa shape index (κ2) is 12.7. The molecule has 0 aliphatic carbocycles. The fourth-order valence-corrected chi connectivity index (χ4v) is 2.28. The summed E-state index contributed by atoms with van der Waals surface area (Å²) >= 11 is 0. The molecule has 0 bridgehead atoms. The zero-order valence-corrected chi connectivity index (χ0v) is 14.5. The molecule has 1 aliphatic heterocycles. The van der Waals surface area contributed by atoms with Gasteiger partial charge in [0.1, 0.15) is 6.10 Å². The predicted octanol–water partition coefficient (Wildman–Crippen LogP) is 3.61. The highest BCUT2D eigenvalue weighted by Gasteiger charge is 2.15. The van der Waals surface area contributed by atoms with Crippen molar-refractivity contribution in [2.24, 2.45) is 0 Å². The summed E-state index contributed by atoms with van der Waals surface area (Å²) in [6.07, 6.45) is 17.9. The van der Waals surface area contributed by atoms with Crippen LogP contribution in [0.25, 0.3) is 0 Å². The SMILES string of the molecule is CC/C=C\C/C=C\C[C@H](O)[C@@H](O)/C=C/[C@@H]1C/C=C\CCCC(=O)O1. The van der Waals surface area contributed by atoms with Gasteiger partial charge in [0, 0.05) is 12.8 Å². The van der Waals surface area contributed by atoms with E-state index in [4.69, 9.17) is 4.74 Å². The first-order valence-corrected chi connectivity index (χ1v) is 8.82. The maximum atomic E-state index is 11.6. The fourth-order valence-electron chi connectivity index (χ4n) is 2.28. The number of cyclic esters (lactones) is 1. The number of carbonyl (C=O) groups is 1. The first-order chi connectivity index (χ1) is 11.6. The van der Waals surface area contributed by atoms with E-state index in [2.05, 4.69) is 19.1 Å². The molecule has 0 aromatic rings. The summed E-state index contributed by atoms with van der Waals surface area (Å²) in [6, 6.07) is 0. The van der Waals surface area contributed by atoms with E-state index in [9.17, 15) is 15.0 Å². The van der Waals surface area contributed by atoms with Gasteiger partial charge in [-0.25, -0.2) is 0 Å². The largest absolute Gasteiger partial charge is 0.458 e. The molecule has 0 saturated heterocycles. The molecule has 134 valence electrons. The molecular weight excluding hydrogens is 304 g/mol. The summed E-state index contributed by atoms with van der Waals surface area (Å²) in [7, 11) is 0. The maximum absolute atomic E-state index is 11.6. The number of allylic oxidation sites excluding steroid dienone is 4. The van der Waals surface area contributed by atoms with E-state index in [1.54, 1.807) is 6.08 Å². The lowest BCUT2D eigenvalue weighted by atomic mass is 10.1. The van der Waals surface area contributed by atoms with Gasteiger partial charge in [-0.1, -0.05) is 49.5 Å². The van der Waals surface area contributed by atoms with E-state index in [-0.39, 0.29) is 12.1 Å². The molecule has 0 saturated carbocycles. The van der Waals surface area contributed by atoms with Gasteiger partial charge in [-0.15, -0.1) is 0 Å². The Hall–Kier alpha value is -1.65. The van der Waals surface area contributed by atoms with Crippen LogP contribution in [-0.2, 0) is 9.53 Å². The summed E-state index contributed by atoms with van der Waals surface area (Å²) in [6.45, 7) is 2.08. The predicted molar refractivity (Wildman–Crippen MR) is 96.4 cm³/mol. The van der Waals surface area contributed by atoms with Crippen molar-refractivity contribution in [3.63, 3.8) is 0 Å². The van der Waals surface area contributed by atoms with Crippen LogP contribution in [0.1, 0.15) is 51.9 Å². The van der Waals surface area contributed by atoms with Gasteiger partial charge in [0.2, 0.25) is 0 Å². The molecule has 24 heavy (non-hydrogen) atoms.